The van der Waals surface area contributed by atoms with Crippen molar-refractivity contribution < 1.29 is 0 Å². The topological polar surface area (TPSA) is 54.2 Å². The van der Waals surface area contributed by atoms with E-state index in [2.05, 4.69) is 38.9 Å². The van der Waals surface area contributed by atoms with Crippen molar-refractivity contribution in [2.75, 3.05) is 11.9 Å². The fourth-order valence-corrected chi connectivity index (χ4v) is 2.73. The minimum Gasteiger partial charge on any atom is -0.338 e. The molecule has 5 nitrogen and oxygen atoms in total. The highest BCUT2D eigenvalue weighted by atomic mass is 15.2. The van der Waals surface area contributed by atoms with Gasteiger partial charge in [0.05, 0.1) is 6.20 Å². The van der Waals surface area contributed by atoms with Gasteiger partial charge in [0.15, 0.2) is 5.82 Å². The van der Waals surface area contributed by atoms with E-state index in [1.807, 2.05) is 16.8 Å². The second kappa shape index (κ2) is 4.61. The van der Waals surface area contributed by atoms with Crippen molar-refractivity contribution in [2.24, 2.45) is 0 Å². The van der Waals surface area contributed by atoms with Crippen molar-refractivity contribution in [3.05, 3.63) is 54.0 Å². The van der Waals surface area contributed by atoms with E-state index in [1.165, 1.54) is 11.1 Å². The molecule has 0 bridgehead atoms. The Balaban J connectivity index is 1.78. The lowest BCUT2D eigenvalue weighted by molar-refractivity contribution is 0.645. The van der Waals surface area contributed by atoms with E-state index < -0.39 is 0 Å². The zero-order valence-corrected chi connectivity index (χ0v) is 11.0. The molecule has 0 amide bonds. The standard InChI is InChI=1S/C15H15N5/c1-2-11-10-16-6-4-12(11)13(3-1)19-15-14-5-7-18-20(14)9-8-17-15/h1-3,5,7-9,16H,4,6,10H2,(H,17,19). The monoisotopic (exact) mass is 265 g/mol. The first-order valence-electron chi connectivity index (χ1n) is 6.79. The van der Waals surface area contributed by atoms with E-state index >= 15 is 0 Å². The van der Waals surface area contributed by atoms with Gasteiger partial charge in [0.1, 0.15) is 5.52 Å². The third-order valence-electron chi connectivity index (χ3n) is 3.72. The van der Waals surface area contributed by atoms with Gasteiger partial charge in [-0.05, 0) is 36.2 Å². The largest absolute Gasteiger partial charge is 0.338 e. The smallest absolute Gasteiger partial charge is 0.156 e. The quantitative estimate of drug-likeness (QED) is 0.745. The number of anilines is 2. The molecular formula is C15H15N5. The lowest BCUT2D eigenvalue weighted by Gasteiger charge is -2.21. The van der Waals surface area contributed by atoms with Crippen LogP contribution in [0.2, 0.25) is 0 Å². The van der Waals surface area contributed by atoms with Gasteiger partial charge >= 0.3 is 0 Å². The first kappa shape index (κ1) is 11.4. The molecular weight excluding hydrogens is 250 g/mol. The van der Waals surface area contributed by atoms with Crippen molar-refractivity contribution in [3.63, 3.8) is 0 Å². The Hall–Kier alpha value is -2.40. The van der Waals surface area contributed by atoms with Crippen molar-refractivity contribution >= 4 is 17.0 Å². The van der Waals surface area contributed by atoms with E-state index in [0.29, 0.717) is 0 Å². The highest BCUT2D eigenvalue weighted by Crippen LogP contribution is 2.27. The van der Waals surface area contributed by atoms with Gasteiger partial charge in [0.25, 0.3) is 0 Å². The summed E-state index contributed by atoms with van der Waals surface area (Å²) >= 11 is 0. The predicted molar refractivity (Wildman–Crippen MR) is 78.1 cm³/mol. The fourth-order valence-electron chi connectivity index (χ4n) is 2.73. The molecule has 0 saturated carbocycles. The first-order chi connectivity index (χ1) is 9.92. The Morgan fingerprint density at radius 1 is 1.20 bits per heavy atom. The third-order valence-corrected chi connectivity index (χ3v) is 3.72. The molecule has 5 heteroatoms. The van der Waals surface area contributed by atoms with Gasteiger partial charge in [-0.1, -0.05) is 12.1 Å². The number of hydrogen-bond donors (Lipinski definition) is 2. The van der Waals surface area contributed by atoms with Crippen molar-refractivity contribution in [1.82, 2.24) is 19.9 Å². The van der Waals surface area contributed by atoms with Crippen LogP contribution in [-0.4, -0.2) is 21.1 Å². The molecule has 2 aromatic heterocycles. The zero-order valence-electron chi connectivity index (χ0n) is 11.0. The molecule has 2 N–H and O–H groups in total. The Labute approximate surface area is 116 Å². The molecule has 0 saturated heterocycles. The van der Waals surface area contributed by atoms with E-state index in [0.717, 1.165) is 36.5 Å². The van der Waals surface area contributed by atoms with Crippen LogP contribution in [0.1, 0.15) is 11.1 Å². The maximum Gasteiger partial charge on any atom is 0.156 e. The summed E-state index contributed by atoms with van der Waals surface area (Å²) < 4.78 is 1.83. The lowest BCUT2D eigenvalue weighted by Crippen LogP contribution is -2.24. The molecule has 1 aromatic carbocycles. The molecule has 3 heterocycles. The number of aromatic nitrogens is 3. The number of nitrogens with one attached hydrogen (secondary N) is 2. The van der Waals surface area contributed by atoms with E-state index in [9.17, 15) is 0 Å². The average molecular weight is 265 g/mol. The molecule has 0 atom stereocenters. The Bertz CT molecular complexity index is 762. The van der Waals surface area contributed by atoms with Crippen LogP contribution in [-0.2, 0) is 13.0 Å². The van der Waals surface area contributed by atoms with Crippen molar-refractivity contribution in [2.45, 2.75) is 13.0 Å². The Morgan fingerprint density at radius 3 is 3.20 bits per heavy atom. The van der Waals surface area contributed by atoms with Crippen LogP contribution in [0.5, 0.6) is 0 Å². The molecule has 0 unspecified atom stereocenters. The highest BCUT2D eigenvalue weighted by Gasteiger charge is 2.13. The van der Waals surface area contributed by atoms with Gasteiger partial charge in [-0.25, -0.2) is 9.50 Å². The molecule has 0 aliphatic carbocycles. The minimum absolute atomic E-state index is 0.844. The SMILES string of the molecule is c1cc2c(c(Nc3nccn4nccc34)c1)CCNC2. The van der Waals surface area contributed by atoms with E-state index in [-0.39, 0.29) is 0 Å². The van der Waals surface area contributed by atoms with Crippen LogP contribution in [0, 0.1) is 0 Å². The first-order valence-corrected chi connectivity index (χ1v) is 6.79. The molecule has 0 spiro atoms. The Kier molecular flexibility index (Phi) is 2.63. The predicted octanol–water partition coefficient (Wildman–Crippen LogP) is 2.12. The summed E-state index contributed by atoms with van der Waals surface area (Å²) in [6.45, 7) is 1.96. The molecule has 3 aromatic rings. The molecule has 0 radical (unpaired) electrons. The van der Waals surface area contributed by atoms with Gasteiger partial charge in [-0.15, -0.1) is 0 Å². The van der Waals surface area contributed by atoms with Crippen LogP contribution in [0.3, 0.4) is 0 Å². The summed E-state index contributed by atoms with van der Waals surface area (Å²) in [6, 6.07) is 8.35. The number of nitrogens with zero attached hydrogens (tertiary/aromatic N) is 3. The van der Waals surface area contributed by atoms with Crippen LogP contribution in [0.4, 0.5) is 11.5 Å². The number of rotatable bonds is 2. The summed E-state index contributed by atoms with van der Waals surface area (Å²) in [4.78, 5) is 4.44. The molecule has 0 fully saturated rings. The Morgan fingerprint density at radius 2 is 2.20 bits per heavy atom. The highest BCUT2D eigenvalue weighted by molar-refractivity contribution is 5.74. The van der Waals surface area contributed by atoms with Crippen molar-refractivity contribution in [1.29, 1.82) is 0 Å². The summed E-state index contributed by atoms with van der Waals surface area (Å²) in [5.74, 6) is 0.844. The second-order valence-electron chi connectivity index (χ2n) is 4.93. The summed E-state index contributed by atoms with van der Waals surface area (Å²) in [5, 5.41) is 11.1. The number of hydrogen-bond acceptors (Lipinski definition) is 4. The number of fused-ring (bicyclic) bond motifs is 2. The normalized spacial score (nSPS) is 14.2. The van der Waals surface area contributed by atoms with Gasteiger partial charge in [0.2, 0.25) is 0 Å². The molecule has 1 aliphatic heterocycles. The number of benzene rings is 1. The van der Waals surface area contributed by atoms with Crippen LogP contribution in [0.15, 0.2) is 42.9 Å². The molecule has 1 aliphatic rings. The van der Waals surface area contributed by atoms with Gasteiger partial charge in [-0.2, -0.15) is 5.10 Å². The zero-order chi connectivity index (χ0) is 13.4. The van der Waals surface area contributed by atoms with Crippen LogP contribution < -0.4 is 10.6 Å². The molecule has 20 heavy (non-hydrogen) atoms. The molecule has 4 rings (SSSR count). The van der Waals surface area contributed by atoms with Crippen LogP contribution >= 0.6 is 0 Å². The lowest BCUT2D eigenvalue weighted by atomic mass is 9.99. The van der Waals surface area contributed by atoms with E-state index in [4.69, 9.17) is 0 Å². The summed E-state index contributed by atoms with van der Waals surface area (Å²) in [7, 11) is 0. The second-order valence-corrected chi connectivity index (χ2v) is 4.93. The van der Waals surface area contributed by atoms with Gasteiger partial charge in [-0.3, -0.25) is 0 Å². The van der Waals surface area contributed by atoms with E-state index in [1.54, 1.807) is 12.4 Å². The van der Waals surface area contributed by atoms with Gasteiger partial charge < -0.3 is 10.6 Å². The van der Waals surface area contributed by atoms with Crippen molar-refractivity contribution in [3.8, 4) is 0 Å². The summed E-state index contributed by atoms with van der Waals surface area (Å²) in [6.07, 6.45) is 6.44. The third kappa shape index (κ3) is 1.83. The summed E-state index contributed by atoms with van der Waals surface area (Å²) in [5.41, 5.74) is 4.88. The maximum absolute atomic E-state index is 4.44. The fraction of sp³-hybridized carbons (Fsp3) is 0.200. The molecule has 100 valence electrons. The maximum atomic E-state index is 4.44. The van der Waals surface area contributed by atoms with Crippen LogP contribution in [0.25, 0.3) is 5.52 Å². The minimum atomic E-state index is 0.844. The van der Waals surface area contributed by atoms with Gasteiger partial charge in [0, 0.05) is 24.6 Å². The average Bonchev–Trinajstić information content (AvgIpc) is 2.97.